The monoisotopic (exact) mass is 377 g/mol. The maximum absolute atomic E-state index is 12.8. The van der Waals surface area contributed by atoms with Gasteiger partial charge in [0.1, 0.15) is 5.76 Å². The summed E-state index contributed by atoms with van der Waals surface area (Å²) < 4.78 is 1.80. The van der Waals surface area contributed by atoms with E-state index in [0.717, 1.165) is 16.7 Å². The molecule has 0 aliphatic carbocycles. The summed E-state index contributed by atoms with van der Waals surface area (Å²) in [6.07, 6.45) is 2.00. The first-order chi connectivity index (χ1) is 13.3. The summed E-state index contributed by atoms with van der Waals surface area (Å²) in [5.41, 5.74) is 3.34. The van der Waals surface area contributed by atoms with Crippen LogP contribution in [0, 0.1) is 13.8 Å². The molecule has 28 heavy (non-hydrogen) atoms. The fourth-order valence-electron chi connectivity index (χ4n) is 3.13. The molecule has 0 fully saturated rings. The highest BCUT2D eigenvalue weighted by atomic mass is 16.4. The minimum atomic E-state index is -1.71. The van der Waals surface area contributed by atoms with E-state index in [1.807, 2.05) is 32.0 Å². The van der Waals surface area contributed by atoms with Crippen LogP contribution in [0.4, 0.5) is 0 Å². The second-order valence-corrected chi connectivity index (χ2v) is 6.65. The summed E-state index contributed by atoms with van der Waals surface area (Å²) in [4.78, 5) is 34.9. The number of aromatic nitrogens is 1. The van der Waals surface area contributed by atoms with Crippen molar-refractivity contribution in [3.63, 3.8) is 0 Å². The van der Waals surface area contributed by atoms with Crippen molar-refractivity contribution in [3.05, 3.63) is 87.2 Å². The molecule has 0 aliphatic heterocycles. The predicted octanol–water partition coefficient (Wildman–Crippen LogP) is 3.22. The summed E-state index contributed by atoms with van der Waals surface area (Å²) in [5, 5.41) is 19.3. The zero-order chi connectivity index (χ0) is 20.4. The second kappa shape index (κ2) is 7.52. The van der Waals surface area contributed by atoms with Gasteiger partial charge in [-0.3, -0.25) is 9.59 Å². The molecule has 2 N–H and O–H groups in total. The molecule has 3 rings (SSSR count). The number of aliphatic carboxylic acids is 1. The Morgan fingerprint density at radius 2 is 1.79 bits per heavy atom. The van der Waals surface area contributed by atoms with Crippen LogP contribution in [0.2, 0.25) is 0 Å². The highest BCUT2D eigenvalue weighted by Gasteiger charge is 2.16. The number of ketones is 1. The van der Waals surface area contributed by atoms with Crippen molar-refractivity contribution in [1.82, 2.24) is 4.57 Å². The number of aliphatic hydroxyl groups is 1. The summed E-state index contributed by atoms with van der Waals surface area (Å²) in [7, 11) is 0. The number of carboxylic acid groups (broad SMARTS) is 1. The van der Waals surface area contributed by atoms with Crippen LogP contribution in [0.1, 0.15) is 22.3 Å². The maximum Gasteiger partial charge on any atom is 0.376 e. The fraction of sp³-hybridized carbons (Fsp3) is 0.136. The number of nitrogens with zero attached hydrogens (tertiary/aromatic N) is 1. The molecule has 0 atom stereocenters. The first kappa shape index (κ1) is 19.1. The number of carboxylic acids is 1. The predicted molar refractivity (Wildman–Crippen MR) is 106 cm³/mol. The van der Waals surface area contributed by atoms with E-state index in [2.05, 4.69) is 6.07 Å². The van der Waals surface area contributed by atoms with Crippen LogP contribution < -0.4 is 5.43 Å². The molecule has 3 aromatic rings. The van der Waals surface area contributed by atoms with Gasteiger partial charge in [-0.1, -0.05) is 35.9 Å². The molecule has 0 amide bonds. The molecule has 0 radical (unpaired) electrons. The van der Waals surface area contributed by atoms with Crippen molar-refractivity contribution in [2.45, 2.75) is 20.4 Å². The molecule has 1 aromatic heterocycles. The Morgan fingerprint density at radius 3 is 2.46 bits per heavy atom. The van der Waals surface area contributed by atoms with Crippen molar-refractivity contribution >= 4 is 28.4 Å². The number of hydrogen-bond donors (Lipinski definition) is 2. The number of fused-ring (bicyclic) bond motifs is 1. The first-order valence-electron chi connectivity index (χ1n) is 8.64. The van der Waals surface area contributed by atoms with Gasteiger partial charge in [0.15, 0.2) is 5.43 Å². The van der Waals surface area contributed by atoms with Crippen molar-refractivity contribution in [1.29, 1.82) is 0 Å². The van der Waals surface area contributed by atoms with Gasteiger partial charge in [-0.05, 0) is 37.1 Å². The standard InChI is InChI=1S/C22H19NO5/c1-13-7-8-15(14(2)9-13)11-23-12-17(19(24)10-20(25)22(27)28)21(26)16-5-3-4-6-18(16)23/h3-10,12,24H,11H2,1-2H3,(H,27,28)/b19-10-. The zero-order valence-electron chi connectivity index (χ0n) is 15.5. The largest absolute Gasteiger partial charge is 0.507 e. The van der Waals surface area contributed by atoms with Crippen molar-refractivity contribution < 1.29 is 19.8 Å². The lowest BCUT2D eigenvalue weighted by atomic mass is 10.0. The smallest absolute Gasteiger partial charge is 0.376 e. The average Bonchev–Trinajstić information content (AvgIpc) is 2.65. The number of carbonyl (C=O) groups excluding carboxylic acids is 1. The number of carbonyl (C=O) groups is 2. The van der Waals surface area contributed by atoms with E-state index >= 15 is 0 Å². The van der Waals surface area contributed by atoms with Gasteiger partial charge < -0.3 is 14.8 Å². The Hall–Kier alpha value is -3.67. The number of rotatable bonds is 5. The molecule has 6 nitrogen and oxygen atoms in total. The van der Waals surface area contributed by atoms with Gasteiger partial charge in [0.2, 0.25) is 0 Å². The van der Waals surface area contributed by atoms with Crippen LogP contribution in [0.3, 0.4) is 0 Å². The lowest BCUT2D eigenvalue weighted by Crippen LogP contribution is -2.17. The minimum Gasteiger partial charge on any atom is -0.507 e. The van der Waals surface area contributed by atoms with E-state index in [1.54, 1.807) is 22.8 Å². The van der Waals surface area contributed by atoms with E-state index in [9.17, 15) is 19.5 Å². The van der Waals surface area contributed by atoms with Gasteiger partial charge in [0, 0.05) is 24.2 Å². The Balaban J connectivity index is 2.19. The van der Waals surface area contributed by atoms with Crippen LogP contribution in [-0.4, -0.2) is 26.5 Å². The molecular formula is C22H19NO5. The third-order valence-electron chi connectivity index (χ3n) is 4.58. The molecule has 0 unspecified atom stereocenters. The third kappa shape index (κ3) is 3.71. The highest BCUT2D eigenvalue weighted by Crippen LogP contribution is 2.19. The molecule has 0 saturated carbocycles. The van der Waals surface area contributed by atoms with Crippen molar-refractivity contribution in [3.8, 4) is 0 Å². The number of pyridine rings is 1. The minimum absolute atomic E-state index is 0.127. The van der Waals surface area contributed by atoms with Crippen LogP contribution in [0.25, 0.3) is 16.7 Å². The van der Waals surface area contributed by atoms with E-state index < -0.39 is 22.9 Å². The molecule has 0 spiro atoms. The van der Waals surface area contributed by atoms with Gasteiger partial charge in [-0.2, -0.15) is 0 Å². The van der Waals surface area contributed by atoms with Gasteiger partial charge in [-0.25, -0.2) is 4.79 Å². The summed E-state index contributed by atoms with van der Waals surface area (Å²) >= 11 is 0. The number of aliphatic hydroxyl groups excluding tert-OH is 1. The maximum atomic E-state index is 12.8. The van der Waals surface area contributed by atoms with E-state index in [4.69, 9.17) is 5.11 Å². The van der Waals surface area contributed by atoms with E-state index in [1.165, 1.54) is 6.20 Å². The Bertz CT molecular complexity index is 1190. The Labute approximate surface area is 161 Å². The second-order valence-electron chi connectivity index (χ2n) is 6.65. The van der Waals surface area contributed by atoms with Gasteiger partial charge in [0.05, 0.1) is 11.1 Å². The Kier molecular flexibility index (Phi) is 5.13. The molecule has 2 aromatic carbocycles. The Morgan fingerprint density at radius 1 is 1.07 bits per heavy atom. The number of aryl methyl sites for hydroxylation is 2. The fourth-order valence-corrected chi connectivity index (χ4v) is 3.13. The number of benzene rings is 2. The molecular weight excluding hydrogens is 358 g/mol. The number of hydrogen-bond acceptors (Lipinski definition) is 4. The van der Waals surface area contributed by atoms with Crippen LogP contribution in [0.15, 0.2) is 59.5 Å². The summed E-state index contributed by atoms with van der Waals surface area (Å²) in [5.74, 6) is -3.67. The van der Waals surface area contributed by atoms with E-state index in [0.29, 0.717) is 23.5 Å². The molecule has 1 heterocycles. The summed E-state index contributed by atoms with van der Waals surface area (Å²) in [6, 6.07) is 13.0. The zero-order valence-corrected chi connectivity index (χ0v) is 15.5. The van der Waals surface area contributed by atoms with Crippen LogP contribution >= 0.6 is 0 Å². The van der Waals surface area contributed by atoms with E-state index in [-0.39, 0.29) is 5.56 Å². The molecule has 6 heteroatoms. The first-order valence-corrected chi connectivity index (χ1v) is 8.64. The third-order valence-corrected chi connectivity index (χ3v) is 4.58. The number of para-hydroxylation sites is 1. The van der Waals surface area contributed by atoms with Crippen molar-refractivity contribution in [2.24, 2.45) is 0 Å². The molecule has 0 saturated heterocycles. The molecule has 142 valence electrons. The van der Waals surface area contributed by atoms with Crippen LogP contribution in [-0.2, 0) is 16.1 Å². The summed E-state index contributed by atoms with van der Waals surface area (Å²) in [6.45, 7) is 4.45. The average molecular weight is 377 g/mol. The molecule has 0 aliphatic rings. The SMILES string of the molecule is Cc1ccc(Cn2cc(/C(O)=C/C(=O)C(=O)O)c(=O)c3ccccc32)c(C)c1. The normalized spacial score (nSPS) is 11.6. The topological polar surface area (TPSA) is 96.6 Å². The lowest BCUT2D eigenvalue weighted by molar-refractivity contribution is -0.146. The molecule has 0 bridgehead atoms. The van der Waals surface area contributed by atoms with Gasteiger partial charge >= 0.3 is 5.97 Å². The highest BCUT2D eigenvalue weighted by molar-refractivity contribution is 6.38. The quantitative estimate of drug-likeness (QED) is 0.404. The van der Waals surface area contributed by atoms with Gasteiger partial charge in [0.25, 0.3) is 5.78 Å². The van der Waals surface area contributed by atoms with Crippen LogP contribution in [0.5, 0.6) is 0 Å². The van der Waals surface area contributed by atoms with Crippen molar-refractivity contribution in [2.75, 3.05) is 0 Å². The lowest BCUT2D eigenvalue weighted by Gasteiger charge is -2.15. The van der Waals surface area contributed by atoms with Gasteiger partial charge in [-0.15, -0.1) is 0 Å².